The van der Waals surface area contributed by atoms with Crippen molar-refractivity contribution in [2.24, 2.45) is 17.6 Å². The van der Waals surface area contributed by atoms with Crippen molar-refractivity contribution in [2.45, 2.75) is 32.9 Å². The number of hydrogen-bond acceptors (Lipinski definition) is 4. The Morgan fingerprint density at radius 1 is 1.26 bits per heavy atom. The van der Waals surface area contributed by atoms with Crippen LogP contribution in [0.15, 0.2) is 0 Å². The zero-order chi connectivity index (χ0) is 14.0. The molecule has 5 heteroatoms. The molecule has 0 saturated carbocycles. The SMILES string of the molecule is CC(N)C(C)C(=O)N1CC(C)C(N2CCOCC2)C1. The second-order valence-corrected chi connectivity index (χ2v) is 6.08. The number of carbonyl (C=O) groups excluding carboxylic acids is 1. The van der Waals surface area contributed by atoms with E-state index in [0.717, 1.165) is 39.4 Å². The average Bonchev–Trinajstić information content (AvgIpc) is 2.80. The van der Waals surface area contributed by atoms with Gasteiger partial charge in [-0.25, -0.2) is 0 Å². The third kappa shape index (κ3) is 3.27. The Labute approximate surface area is 116 Å². The third-order valence-corrected chi connectivity index (χ3v) is 4.58. The summed E-state index contributed by atoms with van der Waals surface area (Å²) in [4.78, 5) is 16.8. The maximum absolute atomic E-state index is 12.4. The van der Waals surface area contributed by atoms with E-state index in [1.807, 2.05) is 18.7 Å². The molecule has 2 fully saturated rings. The fraction of sp³-hybridized carbons (Fsp3) is 0.929. The monoisotopic (exact) mass is 269 g/mol. The van der Waals surface area contributed by atoms with Crippen LogP contribution in [0.25, 0.3) is 0 Å². The van der Waals surface area contributed by atoms with Crippen LogP contribution >= 0.6 is 0 Å². The first-order chi connectivity index (χ1) is 9.00. The van der Waals surface area contributed by atoms with Crippen molar-refractivity contribution in [1.82, 2.24) is 9.80 Å². The number of hydrogen-bond donors (Lipinski definition) is 1. The molecule has 0 aliphatic carbocycles. The maximum Gasteiger partial charge on any atom is 0.227 e. The van der Waals surface area contributed by atoms with Gasteiger partial charge >= 0.3 is 0 Å². The lowest BCUT2D eigenvalue weighted by Crippen LogP contribution is -2.47. The lowest BCUT2D eigenvalue weighted by atomic mass is 10.0. The number of rotatable bonds is 3. The molecule has 2 aliphatic heterocycles. The number of likely N-dealkylation sites (tertiary alicyclic amines) is 1. The first-order valence-electron chi connectivity index (χ1n) is 7.37. The number of ether oxygens (including phenoxy) is 1. The molecule has 4 atom stereocenters. The minimum Gasteiger partial charge on any atom is -0.379 e. The van der Waals surface area contributed by atoms with Gasteiger partial charge < -0.3 is 15.4 Å². The van der Waals surface area contributed by atoms with Crippen LogP contribution in [0.4, 0.5) is 0 Å². The van der Waals surface area contributed by atoms with Gasteiger partial charge in [0.1, 0.15) is 0 Å². The Kier molecular flexibility index (Phi) is 4.81. The van der Waals surface area contributed by atoms with E-state index in [4.69, 9.17) is 10.5 Å². The van der Waals surface area contributed by atoms with E-state index >= 15 is 0 Å². The van der Waals surface area contributed by atoms with Crippen molar-refractivity contribution in [2.75, 3.05) is 39.4 Å². The molecule has 2 saturated heterocycles. The van der Waals surface area contributed by atoms with Crippen LogP contribution in [0, 0.1) is 11.8 Å². The van der Waals surface area contributed by atoms with Crippen LogP contribution in [0.1, 0.15) is 20.8 Å². The van der Waals surface area contributed by atoms with Crippen molar-refractivity contribution < 1.29 is 9.53 Å². The second-order valence-electron chi connectivity index (χ2n) is 6.08. The quantitative estimate of drug-likeness (QED) is 0.792. The van der Waals surface area contributed by atoms with E-state index in [1.165, 1.54) is 0 Å². The van der Waals surface area contributed by atoms with Crippen molar-refractivity contribution >= 4 is 5.91 Å². The van der Waals surface area contributed by atoms with Gasteiger partial charge in [-0.05, 0) is 12.8 Å². The Balaban J connectivity index is 1.94. The smallest absolute Gasteiger partial charge is 0.227 e. The Morgan fingerprint density at radius 2 is 1.89 bits per heavy atom. The molecule has 0 spiro atoms. The highest BCUT2D eigenvalue weighted by molar-refractivity contribution is 5.79. The first-order valence-corrected chi connectivity index (χ1v) is 7.37. The number of amides is 1. The van der Waals surface area contributed by atoms with Gasteiger partial charge in [-0.3, -0.25) is 9.69 Å². The van der Waals surface area contributed by atoms with E-state index in [1.54, 1.807) is 0 Å². The van der Waals surface area contributed by atoms with Gasteiger partial charge in [0.05, 0.1) is 19.1 Å². The summed E-state index contributed by atoms with van der Waals surface area (Å²) in [5.41, 5.74) is 5.84. The Bertz CT molecular complexity index is 316. The van der Waals surface area contributed by atoms with Crippen LogP contribution in [-0.2, 0) is 9.53 Å². The lowest BCUT2D eigenvalue weighted by molar-refractivity contribution is -0.134. The normalized spacial score (nSPS) is 32.3. The van der Waals surface area contributed by atoms with Crippen LogP contribution < -0.4 is 5.73 Å². The predicted molar refractivity (Wildman–Crippen MR) is 74.7 cm³/mol. The lowest BCUT2D eigenvalue weighted by Gasteiger charge is -2.34. The number of nitrogens with two attached hydrogens (primary N) is 1. The largest absolute Gasteiger partial charge is 0.379 e. The summed E-state index contributed by atoms with van der Waals surface area (Å²) in [5, 5.41) is 0. The molecule has 2 N–H and O–H groups in total. The molecular weight excluding hydrogens is 242 g/mol. The standard InChI is InChI=1S/C14H27N3O2/c1-10-8-17(14(18)11(2)12(3)15)9-13(10)16-4-6-19-7-5-16/h10-13H,4-9,15H2,1-3H3. The predicted octanol–water partition coefficient (Wildman–Crippen LogP) is 0.149. The van der Waals surface area contributed by atoms with Crippen molar-refractivity contribution in [3.05, 3.63) is 0 Å². The van der Waals surface area contributed by atoms with Crippen LogP contribution in [0.2, 0.25) is 0 Å². The average molecular weight is 269 g/mol. The highest BCUT2D eigenvalue weighted by Crippen LogP contribution is 2.24. The molecule has 2 heterocycles. The second kappa shape index (κ2) is 6.20. The minimum atomic E-state index is -0.0874. The van der Waals surface area contributed by atoms with Crippen molar-refractivity contribution in [3.63, 3.8) is 0 Å². The summed E-state index contributed by atoms with van der Waals surface area (Å²) >= 11 is 0. The fourth-order valence-corrected chi connectivity index (χ4v) is 3.03. The van der Waals surface area contributed by atoms with Crippen LogP contribution in [0.5, 0.6) is 0 Å². The van der Waals surface area contributed by atoms with Crippen LogP contribution in [-0.4, -0.2) is 67.2 Å². The summed E-state index contributed by atoms with van der Waals surface area (Å²) in [6.07, 6.45) is 0. The highest BCUT2D eigenvalue weighted by Gasteiger charge is 2.38. The summed E-state index contributed by atoms with van der Waals surface area (Å²) in [5.74, 6) is 0.649. The van der Waals surface area contributed by atoms with Gasteiger partial charge in [0.2, 0.25) is 5.91 Å². The topological polar surface area (TPSA) is 58.8 Å². The molecule has 0 aromatic heterocycles. The number of morpholine rings is 1. The Morgan fingerprint density at radius 3 is 2.47 bits per heavy atom. The molecule has 4 unspecified atom stereocenters. The zero-order valence-electron chi connectivity index (χ0n) is 12.3. The minimum absolute atomic E-state index is 0.0785. The molecular formula is C14H27N3O2. The van der Waals surface area contributed by atoms with Crippen molar-refractivity contribution in [1.29, 1.82) is 0 Å². The summed E-state index contributed by atoms with van der Waals surface area (Å²) < 4.78 is 5.40. The molecule has 0 radical (unpaired) electrons. The third-order valence-electron chi connectivity index (χ3n) is 4.58. The summed E-state index contributed by atoms with van der Waals surface area (Å²) in [6, 6.07) is 0.401. The van der Waals surface area contributed by atoms with Crippen LogP contribution in [0.3, 0.4) is 0 Å². The van der Waals surface area contributed by atoms with E-state index in [2.05, 4.69) is 11.8 Å². The summed E-state index contributed by atoms with van der Waals surface area (Å²) in [6.45, 7) is 11.4. The highest BCUT2D eigenvalue weighted by atomic mass is 16.5. The summed E-state index contributed by atoms with van der Waals surface area (Å²) in [7, 11) is 0. The molecule has 2 aliphatic rings. The van der Waals surface area contributed by atoms with Gasteiger partial charge in [-0.2, -0.15) is 0 Å². The number of nitrogens with zero attached hydrogens (tertiary/aromatic N) is 2. The molecule has 0 aromatic carbocycles. The van der Waals surface area contributed by atoms with Gasteiger partial charge in [-0.1, -0.05) is 13.8 Å². The van der Waals surface area contributed by atoms with E-state index in [-0.39, 0.29) is 17.9 Å². The Hall–Kier alpha value is -0.650. The molecule has 0 aromatic rings. The molecule has 5 nitrogen and oxygen atoms in total. The molecule has 0 bridgehead atoms. The molecule has 19 heavy (non-hydrogen) atoms. The van der Waals surface area contributed by atoms with Gasteiger partial charge in [0, 0.05) is 38.3 Å². The van der Waals surface area contributed by atoms with E-state index in [0.29, 0.717) is 12.0 Å². The first kappa shape index (κ1) is 14.8. The van der Waals surface area contributed by atoms with Crippen molar-refractivity contribution in [3.8, 4) is 0 Å². The van der Waals surface area contributed by atoms with E-state index in [9.17, 15) is 4.79 Å². The zero-order valence-corrected chi connectivity index (χ0v) is 12.3. The molecule has 2 rings (SSSR count). The number of carbonyl (C=O) groups is 1. The maximum atomic E-state index is 12.4. The van der Waals surface area contributed by atoms with E-state index < -0.39 is 0 Å². The van der Waals surface area contributed by atoms with Gasteiger partial charge in [0.15, 0.2) is 0 Å². The van der Waals surface area contributed by atoms with Gasteiger partial charge in [-0.15, -0.1) is 0 Å². The van der Waals surface area contributed by atoms with Gasteiger partial charge in [0.25, 0.3) is 0 Å². The molecule has 110 valence electrons. The molecule has 1 amide bonds. The fourth-order valence-electron chi connectivity index (χ4n) is 3.03.